The van der Waals surface area contributed by atoms with E-state index in [0.717, 1.165) is 22.3 Å². The lowest BCUT2D eigenvalue weighted by Gasteiger charge is -2.29. The number of rotatable bonds is 14. The van der Waals surface area contributed by atoms with Crippen LogP contribution in [0.15, 0.2) is 109 Å². The van der Waals surface area contributed by atoms with Crippen molar-refractivity contribution in [1.82, 2.24) is 0 Å². The monoisotopic (exact) mass is 644 g/mol. The van der Waals surface area contributed by atoms with Crippen LogP contribution >= 0.6 is 0 Å². The molecule has 0 aliphatic carbocycles. The third kappa shape index (κ3) is 10.1. The fourth-order valence-corrected chi connectivity index (χ4v) is 4.28. The summed E-state index contributed by atoms with van der Waals surface area (Å²) in [5, 5.41) is 8.58. The highest BCUT2D eigenvalue weighted by Crippen LogP contribution is 2.28. The Bertz CT molecular complexity index is 1480. The SMILES string of the molecule is CCC(CC)(COC(=O)OOOC(=O)c1ccc(-c2ccccc2)cc1)COC(=O)OOOC(=O)c1ccc(-c2ccccc2)cc1. The molecule has 0 bridgehead atoms. The van der Waals surface area contributed by atoms with Crippen LogP contribution in [0.4, 0.5) is 9.59 Å². The molecule has 12 nitrogen and oxygen atoms in total. The molecule has 244 valence electrons. The Balaban J connectivity index is 1.13. The van der Waals surface area contributed by atoms with E-state index in [1.807, 2.05) is 60.7 Å². The summed E-state index contributed by atoms with van der Waals surface area (Å²) in [7, 11) is 0. The van der Waals surface area contributed by atoms with Gasteiger partial charge in [0, 0.05) is 5.41 Å². The van der Waals surface area contributed by atoms with Crippen molar-refractivity contribution >= 4 is 24.2 Å². The lowest BCUT2D eigenvalue weighted by Crippen LogP contribution is -2.33. The predicted molar refractivity (Wildman–Crippen MR) is 165 cm³/mol. The van der Waals surface area contributed by atoms with Gasteiger partial charge in [0.25, 0.3) is 0 Å². The molecule has 0 heterocycles. The van der Waals surface area contributed by atoms with Crippen LogP contribution in [0.1, 0.15) is 47.4 Å². The highest BCUT2D eigenvalue weighted by Gasteiger charge is 2.31. The molecule has 0 fully saturated rings. The molecular formula is C35H32O12. The van der Waals surface area contributed by atoms with Crippen molar-refractivity contribution in [3.05, 3.63) is 120 Å². The maximum atomic E-state index is 12.2. The summed E-state index contributed by atoms with van der Waals surface area (Å²) >= 11 is 0. The molecule has 4 rings (SSSR count). The Morgan fingerprint density at radius 2 is 0.809 bits per heavy atom. The van der Waals surface area contributed by atoms with Crippen molar-refractivity contribution in [2.75, 3.05) is 13.2 Å². The molecule has 4 aromatic rings. The maximum Gasteiger partial charge on any atom is 0.543 e. The van der Waals surface area contributed by atoms with Crippen molar-refractivity contribution in [2.24, 2.45) is 5.41 Å². The molecule has 0 spiro atoms. The van der Waals surface area contributed by atoms with Crippen LogP contribution in [0.25, 0.3) is 22.3 Å². The Kier molecular flexibility index (Phi) is 12.4. The summed E-state index contributed by atoms with van der Waals surface area (Å²) in [4.78, 5) is 66.2. The Morgan fingerprint density at radius 1 is 0.468 bits per heavy atom. The van der Waals surface area contributed by atoms with Gasteiger partial charge in [0.15, 0.2) is 0 Å². The average molecular weight is 645 g/mol. The lowest BCUT2D eigenvalue weighted by atomic mass is 9.84. The number of benzene rings is 4. The molecule has 47 heavy (non-hydrogen) atoms. The second-order valence-electron chi connectivity index (χ2n) is 10.2. The highest BCUT2D eigenvalue weighted by atomic mass is 17.5. The van der Waals surface area contributed by atoms with Gasteiger partial charge in [0.1, 0.15) is 13.2 Å². The molecule has 0 aliphatic heterocycles. The predicted octanol–water partition coefficient (Wildman–Crippen LogP) is 7.84. The Morgan fingerprint density at radius 3 is 1.15 bits per heavy atom. The molecule has 0 aromatic heterocycles. The van der Waals surface area contributed by atoms with E-state index in [1.165, 1.54) is 24.3 Å². The number of hydrogen-bond acceptors (Lipinski definition) is 12. The molecule has 0 aliphatic rings. The molecule has 0 amide bonds. The minimum Gasteiger partial charge on any atom is -0.432 e. The van der Waals surface area contributed by atoms with Gasteiger partial charge in [-0.15, -0.1) is 0 Å². The molecule has 0 unspecified atom stereocenters. The topological polar surface area (TPSA) is 142 Å². The number of carbonyl (C=O) groups is 4. The zero-order valence-corrected chi connectivity index (χ0v) is 25.6. The average Bonchev–Trinajstić information content (AvgIpc) is 3.12. The minimum absolute atomic E-state index is 0.165. The van der Waals surface area contributed by atoms with Crippen molar-refractivity contribution < 1.29 is 58.3 Å². The van der Waals surface area contributed by atoms with E-state index in [9.17, 15) is 19.2 Å². The number of carbonyl (C=O) groups excluding carboxylic acids is 4. The largest absolute Gasteiger partial charge is 0.543 e. The first-order valence-corrected chi connectivity index (χ1v) is 14.6. The van der Waals surface area contributed by atoms with Crippen LogP contribution in [-0.2, 0) is 39.1 Å². The fraction of sp³-hybridized carbons (Fsp3) is 0.200. The van der Waals surface area contributed by atoms with Gasteiger partial charge < -0.3 is 9.47 Å². The molecule has 4 aromatic carbocycles. The number of hydrogen-bond donors (Lipinski definition) is 0. The summed E-state index contributed by atoms with van der Waals surface area (Å²) in [6, 6.07) is 32.2. The first-order valence-electron chi connectivity index (χ1n) is 14.6. The van der Waals surface area contributed by atoms with Gasteiger partial charge in [-0.25, -0.2) is 29.0 Å². The van der Waals surface area contributed by atoms with E-state index in [4.69, 9.17) is 9.47 Å². The van der Waals surface area contributed by atoms with Crippen molar-refractivity contribution in [1.29, 1.82) is 0 Å². The summed E-state index contributed by atoms with van der Waals surface area (Å²) < 4.78 is 10.1. The van der Waals surface area contributed by atoms with Gasteiger partial charge in [-0.1, -0.05) is 98.8 Å². The van der Waals surface area contributed by atoms with E-state index in [-0.39, 0.29) is 24.3 Å². The molecule has 0 saturated carbocycles. The van der Waals surface area contributed by atoms with Crippen LogP contribution in [-0.4, -0.2) is 37.5 Å². The third-order valence-corrected chi connectivity index (χ3v) is 7.37. The van der Waals surface area contributed by atoms with E-state index in [0.29, 0.717) is 12.8 Å². The molecule has 0 N–H and O–H groups in total. The van der Waals surface area contributed by atoms with Crippen LogP contribution in [0.5, 0.6) is 0 Å². The summed E-state index contributed by atoms with van der Waals surface area (Å²) in [6.45, 7) is 3.07. The summed E-state index contributed by atoms with van der Waals surface area (Å²) in [5.41, 5.74) is 3.23. The molecule has 0 radical (unpaired) electrons. The molecule has 12 heteroatoms. The van der Waals surface area contributed by atoms with Crippen molar-refractivity contribution in [2.45, 2.75) is 26.7 Å². The first kappa shape index (κ1) is 34.2. The summed E-state index contributed by atoms with van der Waals surface area (Å²) in [5.74, 6) is -1.79. The van der Waals surface area contributed by atoms with Gasteiger partial charge in [0.05, 0.1) is 21.2 Å². The fourth-order valence-electron chi connectivity index (χ4n) is 4.28. The normalized spacial score (nSPS) is 10.8. The van der Waals surface area contributed by atoms with E-state index < -0.39 is 29.7 Å². The van der Waals surface area contributed by atoms with Gasteiger partial charge in [-0.2, -0.15) is 0 Å². The van der Waals surface area contributed by atoms with Gasteiger partial charge in [-0.3, -0.25) is 9.78 Å². The molecule has 0 saturated heterocycles. The molecular weight excluding hydrogens is 612 g/mol. The zero-order valence-electron chi connectivity index (χ0n) is 25.6. The van der Waals surface area contributed by atoms with Gasteiger partial charge in [-0.05, 0) is 59.4 Å². The second-order valence-corrected chi connectivity index (χ2v) is 10.2. The molecule has 0 atom stereocenters. The Labute approximate surface area is 270 Å². The van der Waals surface area contributed by atoms with Crippen molar-refractivity contribution in [3.63, 3.8) is 0 Å². The lowest BCUT2D eigenvalue weighted by molar-refractivity contribution is -0.453. The smallest absolute Gasteiger partial charge is 0.432 e. The summed E-state index contributed by atoms with van der Waals surface area (Å²) in [6.07, 6.45) is -1.77. The minimum atomic E-state index is -1.29. The van der Waals surface area contributed by atoms with Crippen LogP contribution in [0.3, 0.4) is 0 Å². The first-order chi connectivity index (χ1) is 22.8. The van der Waals surface area contributed by atoms with Gasteiger partial charge >= 0.3 is 24.2 Å². The van der Waals surface area contributed by atoms with Crippen LogP contribution in [0.2, 0.25) is 0 Å². The Hall–Kier alpha value is -5.72. The third-order valence-electron chi connectivity index (χ3n) is 7.37. The van der Waals surface area contributed by atoms with Crippen LogP contribution < -0.4 is 0 Å². The standard InChI is InChI=1S/C35H32O12/c1-3-35(4-2,23-40-33(38)44-46-42-31(36)29-19-15-27(16-20-29)25-11-7-5-8-12-25)24-41-34(39)45-47-43-32(37)30-21-17-28(18-22-30)26-13-9-6-10-14-26/h5-22H,3-4,23-24H2,1-2H3. The van der Waals surface area contributed by atoms with Crippen molar-refractivity contribution in [3.8, 4) is 22.3 Å². The quantitative estimate of drug-likeness (QED) is 0.0749. The second kappa shape index (κ2) is 17.1. The van der Waals surface area contributed by atoms with Crippen LogP contribution in [0, 0.1) is 5.41 Å². The van der Waals surface area contributed by atoms with E-state index in [2.05, 4.69) is 29.6 Å². The number of ether oxygens (including phenoxy) is 2. The van der Waals surface area contributed by atoms with Gasteiger partial charge in [0.2, 0.25) is 0 Å². The van der Waals surface area contributed by atoms with E-state index in [1.54, 1.807) is 38.1 Å². The van der Waals surface area contributed by atoms with E-state index >= 15 is 0 Å². The maximum absolute atomic E-state index is 12.2. The zero-order chi connectivity index (χ0) is 33.5. The highest BCUT2D eigenvalue weighted by molar-refractivity contribution is 5.90.